The summed E-state index contributed by atoms with van der Waals surface area (Å²) in [6.07, 6.45) is 3.46. The first-order valence-corrected chi connectivity index (χ1v) is 14.5. The minimum atomic E-state index is -1.34. The summed E-state index contributed by atoms with van der Waals surface area (Å²) in [5.41, 5.74) is 7.43. The first kappa shape index (κ1) is 32.6. The van der Waals surface area contributed by atoms with E-state index >= 15 is 0 Å². The SMILES string of the molecule is CSCCC(N)C(=O)NC(CC(C)C)C(=O)NC(CCC(=O)O)C(=O)NC(Cc1c[nH]c2ccccc12)C(=O)O. The van der Waals surface area contributed by atoms with Crippen LogP contribution in [0.25, 0.3) is 10.9 Å². The van der Waals surface area contributed by atoms with Crippen LogP contribution in [0.5, 0.6) is 0 Å². The summed E-state index contributed by atoms with van der Waals surface area (Å²) in [7, 11) is 0. The van der Waals surface area contributed by atoms with Crippen molar-refractivity contribution in [2.24, 2.45) is 11.7 Å². The monoisotopic (exact) mass is 577 g/mol. The lowest BCUT2D eigenvalue weighted by molar-refractivity contribution is -0.143. The quantitative estimate of drug-likeness (QED) is 0.144. The van der Waals surface area contributed by atoms with Crippen LogP contribution >= 0.6 is 11.8 Å². The van der Waals surface area contributed by atoms with Gasteiger partial charge in [-0.3, -0.25) is 19.2 Å². The van der Waals surface area contributed by atoms with E-state index in [-0.39, 0.29) is 25.2 Å². The van der Waals surface area contributed by atoms with Crippen molar-refractivity contribution in [3.05, 3.63) is 36.0 Å². The van der Waals surface area contributed by atoms with Crippen LogP contribution in [0.3, 0.4) is 0 Å². The Morgan fingerprint density at radius 1 is 0.925 bits per heavy atom. The fourth-order valence-corrected chi connectivity index (χ4v) is 4.65. The minimum absolute atomic E-state index is 0.00247. The molecule has 40 heavy (non-hydrogen) atoms. The lowest BCUT2D eigenvalue weighted by Crippen LogP contribution is -2.57. The molecule has 0 aliphatic heterocycles. The second-order valence-electron chi connectivity index (χ2n) is 10.0. The number of fused-ring (bicyclic) bond motifs is 1. The van der Waals surface area contributed by atoms with Gasteiger partial charge in [-0.1, -0.05) is 32.0 Å². The fourth-order valence-electron chi connectivity index (χ4n) is 4.16. The number of carbonyl (C=O) groups is 5. The molecule has 0 saturated heterocycles. The molecule has 0 radical (unpaired) electrons. The van der Waals surface area contributed by atoms with Gasteiger partial charge in [0.15, 0.2) is 0 Å². The number of aliphatic carboxylic acids is 2. The summed E-state index contributed by atoms with van der Waals surface area (Å²) in [4.78, 5) is 65.3. The molecule has 2 aromatic rings. The van der Waals surface area contributed by atoms with Gasteiger partial charge in [0.05, 0.1) is 6.04 Å². The molecule has 4 unspecified atom stereocenters. The lowest BCUT2D eigenvalue weighted by Gasteiger charge is -2.26. The number of thioether (sulfide) groups is 1. The molecule has 0 aliphatic rings. The average Bonchev–Trinajstić information content (AvgIpc) is 3.30. The number of aromatic amines is 1. The molecule has 1 aromatic heterocycles. The number of rotatable bonds is 17. The first-order valence-electron chi connectivity index (χ1n) is 13.1. The summed E-state index contributed by atoms with van der Waals surface area (Å²) in [5, 5.41) is 27.4. The zero-order valence-electron chi connectivity index (χ0n) is 22.9. The third-order valence-electron chi connectivity index (χ3n) is 6.30. The van der Waals surface area contributed by atoms with Crippen molar-refractivity contribution < 1.29 is 34.2 Å². The Hall–Kier alpha value is -3.58. The molecule has 12 nitrogen and oxygen atoms in total. The normalized spacial score (nSPS) is 14.2. The molecule has 0 spiro atoms. The van der Waals surface area contributed by atoms with E-state index in [9.17, 15) is 34.2 Å². The van der Waals surface area contributed by atoms with Crippen molar-refractivity contribution in [3.63, 3.8) is 0 Å². The number of nitrogens with one attached hydrogen (secondary N) is 4. The van der Waals surface area contributed by atoms with E-state index in [1.54, 1.807) is 6.20 Å². The number of hydrogen-bond donors (Lipinski definition) is 7. The average molecular weight is 578 g/mol. The molecular formula is C27H39N5O7S. The highest BCUT2D eigenvalue weighted by atomic mass is 32.2. The molecular weight excluding hydrogens is 538 g/mol. The van der Waals surface area contributed by atoms with E-state index in [0.717, 1.165) is 10.9 Å². The van der Waals surface area contributed by atoms with Gasteiger partial charge in [-0.25, -0.2) is 4.79 Å². The largest absolute Gasteiger partial charge is 0.481 e. The topological polar surface area (TPSA) is 204 Å². The van der Waals surface area contributed by atoms with Gasteiger partial charge in [0.1, 0.15) is 18.1 Å². The predicted octanol–water partition coefficient (Wildman–Crippen LogP) is 1.24. The van der Waals surface area contributed by atoms with E-state index in [4.69, 9.17) is 5.73 Å². The second kappa shape index (κ2) is 15.9. The van der Waals surface area contributed by atoms with Crippen LogP contribution in [0.2, 0.25) is 0 Å². The molecule has 0 saturated carbocycles. The van der Waals surface area contributed by atoms with E-state index < -0.39 is 60.2 Å². The summed E-state index contributed by atoms with van der Waals surface area (Å²) in [6, 6.07) is 2.80. The van der Waals surface area contributed by atoms with Crippen LogP contribution in [0.1, 0.15) is 45.1 Å². The number of amides is 3. The maximum Gasteiger partial charge on any atom is 0.326 e. The number of carbonyl (C=O) groups excluding carboxylic acids is 3. The van der Waals surface area contributed by atoms with Gasteiger partial charge in [-0.2, -0.15) is 11.8 Å². The van der Waals surface area contributed by atoms with Crippen LogP contribution in [0, 0.1) is 5.92 Å². The summed E-state index contributed by atoms with van der Waals surface area (Å²) in [5.74, 6) is -3.85. The molecule has 4 atom stereocenters. The maximum atomic E-state index is 13.2. The number of benzene rings is 1. The smallest absolute Gasteiger partial charge is 0.326 e. The standard InChI is InChI=1S/C27H39N5O7S/c1-15(2)12-21(31-24(35)18(28)10-11-40-3)26(37)30-20(8-9-23(33)34)25(36)32-22(27(38)39)13-16-14-29-19-7-5-4-6-17(16)19/h4-7,14-15,18,20-22,29H,8-13,28H2,1-3H3,(H,30,37)(H,31,35)(H,32,36)(H,33,34)(H,38,39). The minimum Gasteiger partial charge on any atom is -0.481 e. The molecule has 3 amide bonds. The Morgan fingerprint density at radius 2 is 1.55 bits per heavy atom. The fraction of sp³-hybridized carbons (Fsp3) is 0.519. The molecule has 2 rings (SSSR count). The van der Waals surface area contributed by atoms with Crippen molar-refractivity contribution in [3.8, 4) is 0 Å². The van der Waals surface area contributed by atoms with Gasteiger partial charge >= 0.3 is 11.9 Å². The Labute approximate surface area is 237 Å². The molecule has 220 valence electrons. The highest BCUT2D eigenvalue weighted by Crippen LogP contribution is 2.19. The van der Waals surface area contributed by atoms with Crippen LogP contribution in [-0.2, 0) is 30.4 Å². The molecule has 1 aromatic carbocycles. The lowest BCUT2D eigenvalue weighted by atomic mass is 10.0. The first-order chi connectivity index (χ1) is 18.9. The summed E-state index contributed by atoms with van der Waals surface area (Å²) >= 11 is 1.54. The van der Waals surface area contributed by atoms with Gasteiger partial charge in [0, 0.05) is 29.9 Å². The zero-order valence-corrected chi connectivity index (χ0v) is 23.8. The van der Waals surface area contributed by atoms with E-state index in [0.29, 0.717) is 17.7 Å². The third kappa shape index (κ3) is 10.2. The molecule has 13 heteroatoms. The molecule has 0 fully saturated rings. The Morgan fingerprint density at radius 3 is 2.17 bits per heavy atom. The molecule has 0 aliphatic carbocycles. The number of para-hydroxylation sites is 1. The van der Waals surface area contributed by atoms with Crippen molar-refractivity contribution in [1.82, 2.24) is 20.9 Å². The number of H-pyrrole nitrogens is 1. The van der Waals surface area contributed by atoms with Crippen molar-refractivity contribution >= 4 is 52.3 Å². The Kier molecular flexibility index (Phi) is 12.9. The van der Waals surface area contributed by atoms with Gasteiger partial charge < -0.3 is 36.9 Å². The van der Waals surface area contributed by atoms with Crippen LogP contribution in [0.15, 0.2) is 30.5 Å². The van der Waals surface area contributed by atoms with Crippen molar-refractivity contribution in [2.45, 2.75) is 70.1 Å². The Balaban J connectivity index is 2.19. The number of carboxylic acids is 2. The molecule has 1 heterocycles. The third-order valence-corrected chi connectivity index (χ3v) is 6.95. The highest BCUT2D eigenvalue weighted by Gasteiger charge is 2.31. The number of carboxylic acid groups (broad SMARTS) is 2. The number of nitrogens with two attached hydrogens (primary N) is 1. The van der Waals surface area contributed by atoms with Gasteiger partial charge in [0.2, 0.25) is 17.7 Å². The maximum absolute atomic E-state index is 13.2. The van der Waals surface area contributed by atoms with Crippen molar-refractivity contribution in [1.29, 1.82) is 0 Å². The number of aromatic nitrogens is 1. The Bertz CT molecular complexity index is 1180. The van der Waals surface area contributed by atoms with E-state index in [1.165, 1.54) is 11.8 Å². The highest BCUT2D eigenvalue weighted by molar-refractivity contribution is 7.98. The van der Waals surface area contributed by atoms with Crippen molar-refractivity contribution in [2.75, 3.05) is 12.0 Å². The van der Waals surface area contributed by atoms with E-state index in [1.807, 2.05) is 44.4 Å². The van der Waals surface area contributed by atoms with Gasteiger partial charge in [-0.15, -0.1) is 0 Å². The molecule has 8 N–H and O–H groups in total. The van der Waals surface area contributed by atoms with Crippen LogP contribution in [-0.4, -0.2) is 81.0 Å². The predicted molar refractivity (Wildman–Crippen MR) is 153 cm³/mol. The van der Waals surface area contributed by atoms with Gasteiger partial charge in [-0.05, 0) is 48.8 Å². The number of hydrogen-bond acceptors (Lipinski definition) is 7. The van der Waals surface area contributed by atoms with Crippen LogP contribution < -0.4 is 21.7 Å². The summed E-state index contributed by atoms with van der Waals surface area (Å²) < 4.78 is 0. The zero-order chi connectivity index (χ0) is 29.8. The molecule has 0 bridgehead atoms. The second-order valence-corrected chi connectivity index (χ2v) is 11.0. The van der Waals surface area contributed by atoms with E-state index in [2.05, 4.69) is 20.9 Å². The van der Waals surface area contributed by atoms with Gasteiger partial charge in [0.25, 0.3) is 0 Å². The van der Waals surface area contributed by atoms with Crippen LogP contribution in [0.4, 0.5) is 0 Å². The summed E-state index contributed by atoms with van der Waals surface area (Å²) in [6.45, 7) is 3.72.